The number of nitrogens with one attached hydrogen (secondary N) is 2. The van der Waals surface area contributed by atoms with E-state index in [-0.39, 0.29) is 30.3 Å². The third-order valence-corrected chi connectivity index (χ3v) is 5.68. The minimum absolute atomic E-state index is 0.0353. The molecular weight excluding hydrogens is 422 g/mol. The number of carbonyl (C=O) groups is 2. The maximum Gasteiger partial charge on any atom is 0.251 e. The molecule has 1 aliphatic rings. The first-order valence-electron chi connectivity index (χ1n) is 11.2. The van der Waals surface area contributed by atoms with Gasteiger partial charge in [0.1, 0.15) is 0 Å². The van der Waals surface area contributed by atoms with Crippen LogP contribution < -0.4 is 20.1 Å². The lowest BCUT2D eigenvalue weighted by Gasteiger charge is -2.35. The van der Waals surface area contributed by atoms with Crippen molar-refractivity contribution >= 4 is 11.8 Å². The molecule has 0 radical (unpaired) electrons. The minimum atomic E-state index is -0.291. The number of nitrogens with zero attached hydrogens (tertiary/aromatic N) is 1. The Labute approximate surface area is 195 Å². The van der Waals surface area contributed by atoms with E-state index in [9.17, 15) is 9.59 Å². The van der Waals surface area contributed by atoms with Gasteiger partial charge in [0.15, 0.2) is 11.5 Å². The second kappa shape index (κ2) is 12.2. The van der Waals surface area contributed by atoms with Crippen molar-refractivity contribution in [2.45, 2.75) is 25.4 Å². The number of morpholine rings is 1. The van der Waals surface area contributed by atoms with Crippen LogP contribution in [0.2, 0.25) is 0 Å². The molecule has 0 bridgehead atoms. The summed E-state index contributed by atoms with van der Waals surface area (Å²) in [6.07, 6.45) is 0.195. The van der Waals surface area contributed by atoms with Crippen molar-refractivity contribution in [2.24, 2.45) is 0 Å². The predicted molar refractivity (Wildman–Crippen MR) is 126 cm³/mol. The standard InChI is InChI=1S/C25H33N3O5/c1-18(27-25(30)19-7-5-4-6-8-19)15-24(29)26-17-21(28-11-13-33-14-12-28)20-9-10-22(31-2)23(16-20)32-3/h4-10,16,18,21H,11-15,17H2,1-3H3,(H,26,29)(H,27,30). The Morgan fingerprint density at radius 3 is 2.39 bits per heavy atom. The summed E-state index contributed by atoms with van der Waals surface area (Å²) >= 11 is 0. The third kappa shape index (κ3) is 6.94. The van der Waals surface area contributed by atoms with Crippen LogP contribution in [0.5, 0.6) is 11.5 Å². The summed E-state index contributed by atoms with van der Waals surface area (Å²) in [5.74, 6) is 1.01. The topological polar surface area (TPSA) is 89.1 Å². The fourth-order valence-electron chi connectivity index (χ4n) is 3.92. The molecule has 0 spiro atoms. The van der Waals surface area contributed by atoms with E-state index < -0.39 is 0 Å². The molecule has 1 heterocycles. The van der Waals surface area contributed by atoms with E-state index in [1.807, 2.05) is 43.3 Å². The van der Waals surface area contributed by atoms with Crippen molar-refractivity contribution in [1.82, 2.24) is 15.5 Å². The zero-order chi connectivity index (χ0) is 23.6. The second-order valence-electron chi connectivity index (χ2n) is 8.03. The van der Waals surface area contributed by atoms with Crippen molar-refractivity contribution in [2.75, 3.05) is 47.1 Å². The summed E-state index contributed by atoms with van der Waals surface area (Å²) in [6, 6.07) is 14.5. The Bertz CT molecular complexity index is 916. The van der Waals surface area contributed by atoms with Gasteiger partial charge in [-0.05, 0) is 36.8 Å². The highest BCUT2D eigenvalue weighted by Gasteiger charge is 2.25. The molecule has 1 aliphatic heterocycles. The predicted octanol–water partition coefficient (Wildman–Crippen LogP) is 2.40. The minimum Gasteiger partial charge on any atom is -0.493 e. The lowest BCUT2D eigenvalue weighted by molar-refractivity contribution is -0.121. The van der Waals surface area contributed by atoms with Gasteiger partial charge in [-0.25, -0.2) is 0 Å². The number of benzene rings is 2. The zero-order valence-corrected chi connectivity index (χ0v) is 19.5. The molecule has 178 valence electrons. The van der Waals surface area contributed by atoms with Gasteiger partial charge in [0.2, 0.25) is 5.91 Å². The third-order valence-electron chi connectivity index (χ3n) is 5.68. The molecule has 8 nitrogen and oxygen atoms in total. The van der Waals surface area contributed by atoms with Crippen LogP contribution in [0.25, 0.3) is 0 Å². The van der Waals surface area contributed by atoms with E-state index in [2.05, 4.69) is 15.5 Å². The van der Waals surface area contributed by atoms with E-state index in [0.29, 0.717) is 36.8 Å². The molecular formula is C25H33N3O5. The molecule has 8 heteroatoms. The van der Waals surface area contributed by atoms with Crippen LogP contribution in [-0.2, 0) is 9.53 Å². The molecule has 3 rings (SSSR count). The Hall–Kier alpha value is -3.10. The summed E-state index contributed by atoms with van der Waals surface area (Å²) in [7, 11) is 3.22. The molecule has 2 unspecified atom stereocenters. The lowest BCUT2D eigenvalue weighted by Crippen LogP contribution is -2.44. The van der Waals surface area contributed by atoms with Gasteiger partial charge in [-0.15, -0.1) is 0 Å². The maximum absolute atomic E-state index is 12.7. The number of methoxy groups -OCH3 is 2. The first-order valence-corrected chi connectivity index (χ1v) is 11.2. The maximum atomic E-state index is 12.7. The van der Waals surface area contributed by atoms with Gasteiger partial charge in [0.25, 0.3) is 5.91 Å². The number of ether oxygens (including phenoxy) is 3. The van der Waals surface area contributed by atoms with Gasteiger partial charge >= 0.3 is 0 Å². The number of hydrogen-bond donors (Lipinski definition) is 2. The highest BCUT2D eigenvalue weighted by atomic mass is 16.5. The largest absolute Gasteiger partial charge is 0.493 e. The molecule has 2 aromatic carbocycles. The number of hydrogen-bond acceptors (Lipinski definition) is 6. The molecule has 2 atom stereocenters. The van der Waals surface area contributed by atoms with Crippen molar-refractivity contribution in [3.8, 4) is 11.5 Å². The first-order chi connectivity index (χ1) is 16.0. The smallest absolute Gasteiger partial charge is 0.251 e. The zero-order valence-electron chi connectivity index (χ0n) is 19.5. The van der Waals surface area contributed by atoms with Crippen molar-refractivity contribution in [3.63, 3.8) is 0 Å². The van der Waals surface area contributed by atoms with Crippen molar-refractivity contribution in [1.29, 1.82) is 0 Å². The van der Waals surface area contributed by atoms with Crippen molar-refractivity contribution in [3.05, 3.63) is 59.7 Å². The summed E-state index contributed by atoms with van der Waals surface area (Å²) in [5, 5.41) is 5.92. The molecule has 2 aromatic rings. The van der Waals surface area contributed by atoms with Crippen LogP contribution in [-0.4, -0.2) is 69.8 Å². The molecule has 33 heavy (non-hydrogen) atoms. The molecule has 0 saturated carbocycles. The number of rotatable bonds is 10. The average molecular weight is 456 g/mol. The Balaban J connectivity index is 1.61. The van der Waals surface area contributed by atoms with Crippen LogP contribution in [0.15, 0.2) is 48.5 Å². The molecule has 2 N–H and O–H groups in total. The fraction of sp³-hybridized carbons (Fsp3) is 0.440. The van der Waals surface area contributed by atoms with Gasteiger partial charge in [-0.3, -0.25) is 14.5 Å². The van der Waals surface area contributed by atoms with Crippen LogP contribution in [0.3, 0.4) is 0 Å². The quantitative estimate of drug-likeness (QED) is 0.572. The summed E-state index contributed by atoms with van der Waals surface area (Å²) < 4.78 is 16.3. The average Bonchev–Trinajstić information content (AvgIpc) is 2.85. The van der Waals surface area contributed by atoms with Gasteiger partial charge in [-0.2, -0.15) is 0 Å². The van der Waals surface area contributed by atoms with Gasteiger partial charge in [-0.1, -0.05) is 24.3 Å². The Morgan fingerprint density at radius 1 is 1.03 bits per heavy atom. The highest BCUT2D eigenvalue weighted by Crippen LogP contribution is 2.32. The Kier molecular flexibility index (Phi) is 9.09. The van der Waals surface area contributed by atoms with Gasteiger partial charge < -0.3 is 24.8 Å². The second-order valence-corrected chi connectivity index (χ2v) is 8.03. The normalized spacial score (nSPS) is 15.8. The molecule has 1 fully saturated rings. The fourth-order valence-corrected chi connectivity index (χ4v) is 3.92. The van der Waals surface area contributed by atoms with Gasteiger partial charge in [0, 0.05) is 37.7 Å². The van der Waals surface area contributed by atoms with Crippen LogP contribution in [0.1, 0.15) is 35.3 Å². The number of amides is 2. The van der Waals surface area contributed by atoms with Crippen LogP contribution in [0.4, 0.5) is 0 Å². The molecule has 0 aromatic heterocycles. The van der Waals surface area contributed by atoms with E-state index in [0.717, 1.165) is 18.7 Å². The number of carbonyl (C=O) groups excluding carboxylic acids is 2. The SMILES string of the molecule is COc1ccc(C(CNC(=O)CC(C)NC(=O)c2ccccc2)N2CCOCC2)cc1OC. The van der Waals surface area contributed by atoms with E-state index >= 15 is 0 Å². The lowest BCUT2D eigenvalue weighted by atomic mass is 10.0. The van der Waals surface area contributed by atoms with E-state index in [1.165, 1.54) is 0 Å². The van der Waals surface area contributed by atoms with Crippen LogP contribution >= 0.6 is 0 Å². The molecule has 2 amide bonds. The summed E-state index contributed by atoms with van der Waals surface area (Å²) in [5.41, 5.74) is 1.60. The first kappa shape index (κ1) is 24.5. The highest BCUT2D eigenvalue weighted by molar-refractivity contribution is 5.94. The molecule has 1 saturated heterocycles. The van der Waals surface area contributed by atoms with Crippen molar-refractivity contribution < 1.29 is 23.8 Å². The monoisotopic (exact) mass is 455 g/mol. The molecule has 0 aliphatic carbocycles. The van der Waals surface area contributed by atoms with E-state index in [1.54, 1.807) is 26.4 Å². The van der Waals surface area contributed by atoms with Gasteiger partial charge in [0.05, 0.1) is 33.5 Å². The summed E-state index contributed by atoms with van der Waals surface area (Å²) in [6.45, 7) is 5.12. The Morgan fingerprint density at radius 2 is 1.73 bits per heavy atom. The summed E-state index contributed by atoms with van der Waals surface area (Å²) in [4.78, 5) is 27.3. The van der Waals surface area contributed by atoms with E-state index in [4.69, 9.17) is 14.2 Å². The van der Waals surface area contributed by atoms with Crippen LogP contribution in [0, 0.1) is 0 Å².